The first kappa shape index (κ1) is 24.2. The molecule has 5 N–H and O–H groups in total. The van der Waals surface area contributed by atoms with Crippen LogP contribution in [-0.4, -0.2) is 51.0 Å². The highest BCUT2D eigenvalue weighted by molar-refractivity contribution is 6.01. The number of carbonyl (C=O) groups is 4. The molecule has 35 heavy (non-hydrogen) atoms. The van der Waals surface area contributed by atoms with E-state index >= 15 is 0 Å². The number of amides is 3. The molecule has 2 heterocycles. The van der Waals surface area contributed by atoms with Crippen LogP contribution in [-0.2, 0) is 20.8 Å². The lowest BCUT2D eigenvalue weighted by atomic mass is 10.0. The highest BCUT2D eigenvalue weighted by atomic mass is 16.2. The summed E-state index contributed by atoms with van der Waals surface area (Å²) in [5.74, 6) is -0.410. The first-order chi connectivity index (χ1) is 16.8. The minimum absolute atomic E-state index is 0.113. The SMILES string of the molecule is CC(C)C[C@H](NC(=O)[C@H](Cc1c[nH]c(C=O)n1)Nc1cc2ccccc2[nH]1)C(=O)NC(=O)C1CC1. The van der Waals surface area contributed by atoms with Crippen molar-refractivity contribution in [1.82, 2.24) is 25.6 Å². The van der Waals surface area contributed by atoms with E-state index in [1.807, 2.05) is 44.2 Å². The Morgan fingerprint density at radius 3 is 2.57 bits per heavy atom. The molecule has 4 rings (SSSR count). The minimum Gasteiger partial charge on any atom is -0.360 e. The fourth-order valence-electron chi connectivity index (χ4n) is 3.93. The number of para-hydroxylation sites is 1. The molecular weight excluding hydrogens is 448 g/mol. The first-order valence-corrected chi connectivity index (χ1v) is 11.8. The number of carbonyl (C=O) groups excluding carboxylic acids is 4. The van der Waals surface area contributed by atoms with Crippen molar-refractivity contribution in [3.8, 4) is 0 Å². The fraction of sp³-hybridized carbons (Fsp3) is 0.400. The molecular formula is C25H30N6O4. The Bertz CT molecular complexity index is 1190. The van der Waals surface area contributed by atoms with Crippen molar-refractivity contribution in [1.29, 1.82) is 0 Å². The fourth-order valence-corrected chi connectivity index (χ4v) is 3.93. The monoisotopic (exact) mass is 478 g/mol. The van der Waals surface area contributed by atoms with Crippen molar-refractivity contribution in [2.45, 2.75) is 51.6 Å². The summed E-state index contributed by atoms with van der Waals surface area (Å²) in [5.41, 5.74) is 1.43. The van der Waals surface area contributed by atoms with Gasteiger partial charge in [-0.15, -0.1) is 0 Å². The Kier molecular flexibility index (Phi) is 7.28. The van der Waals surface area contributed by atoms with Crippen molar-refractivity contribution in [3.63, 3.8) is 0 Å². The highest BCUT2D eigenvalue weighted by Crippen LogP contribution is 2.28. The number of aldehydes is 1. The van der Waals surface area contributed by atoms with Crippen LogP contribution in [0.1, 0.15) is 49.4 Å². The molecule has 184 valence electrons. The molecule has 1 aliphatic rings. The molecule has 2 aromatic heterocycles. The second kappa shape index (κ2) is 10.5. The Hall–Kier alpha value is -3.95. The normalized spacial score (nSPS) is 14.9. The lowest BCUT2D eigenvalue weighted by Crippen LogP contribution is -2.53. The van der Waals surface area contributed by atoms with E-state index in [0.29, 0.717) is 24.2 Å². The number of rotatable bonds is 11. The second-order valence-corrected chi connectivity index (χ2v) is 9.38. The van der Waals surface area contributed by atoms with E-state index in [1.165, 1.54) is 0 Å². The van der Waals surface area contributed by atoms with Gasteiger partial charge in [-0.05, 0) is 37.3 Å². The molecule has 0 aliphatic heterocycles. The van der Waals surface area contributed by atoms with Crippen LogP contribution in [0.5, 0.6) is 0 Å². The summed E-state index contributed by atoms with van der Waals surface area (Å²) in [5, 5.41) is 9.45. The highest BCUT2D eigenvalue weighted by Gasteiger charge is 2.33. The summed E-state index contributed by atoms with van der Waals surface area (Å²) < 4.78 is 0. The van der Waals surface area contributed by atoms with E-state index in [4.69, 9.17) is 0 Å². The summed E-state index contributed by atoms with van der Waals surface area (Å²) in [6.45, 7) is 3.89. The summed E-state index contributed by atoms with van der Waals surface area (Å²) in [6, 6.07) is 7.95. The Labute approximate surface area is 202 Å². The maximum absolute atomic E-state index is 13.4. The van der Waals surface area contributed by atoms with Crippen molar-refractivity contribution < 1.29 is 19.2 Å². The lowest BCUT2D eigenvalue weighted by Gasteiger charge is -2.24. The van der Waals surface area contributed by atoms with Gasteiger partial charge in [0.1, 0.15) is 17.9 Å². The van der Waals surface area contributed by atoms with Crippen molar-refractivity contribution in [2.75, 3.05) is 5.32 Å². The van der Waals surface area contributed by atoms with Gasteiger partial charge in [-0.3, -0.25) is 24.5 Å². The van der Waals surface area contributed by atoms with Gasteiger partial charge >= 0.3 is 0 Å². The van der Waals surface area contributed by atoms with Crippen molar-refractivity contribution in [3.05, 3.63) is 48.0 Å². The zero-order valence-corrected chi connectivity index (χ0v) is 19.8. The molecule has 10 nitrogen and oxygen atoms in total. The van der Waals surface area contributed by atoms with E-state index in [2.05, 4.69) is 30.9 Å². The van der Waals surface area contributed by atoms with Gasteiger partial charge in [0.25, 0.3) is 0 Å². The third-order valence-electron chi connectivity index (χ3n) is 5.89. The van der Waals surface area contributed by atoms with Gasteiger partial charge in [-0.1, -0.05) is 32.0 Å². The van der Waals surface area contributed by atoms with Gasteiger partial charge in [0.15, 0.2) is 12.1 Å². The molecule has 2 atom stereocenters. The molecule has 0 spiro atoms. The lowest BCUT2D eigenvalue weighted by molar-refractivity contribution is -0.135. The molecule has 1 aliphatic carbocycles. The van der Waals surface area contributed by atoms with Gasteiger partial charge < -0.3 is 20.6 Å². The third-order valence-corrected chi connectivity index (χ3v) is 5.89. The molecule has 1 saturated carbocycles. The number of benzene rings is 1. The van der Waals surface area contributed by atoms with Gasteiger partial charge in [0.2, 0.25) is 17.7 Å². The number of nitrogens with one attached hydrogen (secondary N) is 5. The number of aromatic amines is 2. The van der Waals surface area contributed by atoms with Gasteiger partial charge in [-0.25, -0.2) is 4.98 Å². The number of anilines is 1. The molecule has 1 aromatic carbocycles. The number of hydrogen-bond acceptors (Lipinski definition) is 6. The standard InChI is InChI=1S/C25H30N6O4/c1-14(2)9-19(25(35)31-23(33)15-7-8-15)30-24(34)20(11-17-12-26-22(13-32)27-17)29-21-10-16-5-3-4-6-18(16)28-21/h3-6,10,12-15,19-20,28-29H,7-9,11H2,1-2H3,(H,26,27)(H,30,34)(H,31,33,35)/t19-,20-/m0/s1. The summed E-state index contributed by atoms with van der Waals surface area (Å²) in [4.78, 5) is 59.6. The predicted octanol–water partition coefficient (Wildman–Crippen LogP) is 2.31. The van der Waals surface area contributed by atoms with Crippen LogP contribution in [0.3, 0.4) is 0 Å². The summed E-state index contributed by atoms with van der Waals surface area (Å²) >= 11 is 0. The number of H-pyrrole nitrogens is 2. The van der Waals surface area contributed by atoms with E-state index < -0.39 is 23.9 Å². The van der Waals surface area contributed by atoms with Crippen LogP contribution < -0.4 is 16.0 Å². The van der Waals surface area contributed by atoms with Gasteiger partial charge in [0.05, 0.1) is 5.69 Å². The first-order valence-electron chi connectivity index (χ1n) is 11.8. The minimum atomic E-state index is -0.859. The van der Waals surface area contributed by atoms with Crippen LogP contribution >= 0.6 is 0 Å². The number of aromatic nitrogens is 3. The van der Waals surface area contributed by atoms with E-state index in [1.54, 1.807) is 6.20 Å². The Balaban J connectivity index is 1.53. The van der Waals surface area contributed by atoms with Crippen LogP contribution in [0, 0.1) is 11.8 Å². The largest absolute Gasteiger partial charge is 0.360 e. The van der Waals surface area contributed by atoms with Crippen LogP contribution in [0.25, 0.3) is 10.9 Å². The van der Waals surface area contributed by atoms with Gasteiger partial charge in [0, 0.05) is 29.4 Å². The number of imidazole rings is 1. The third kappa shape index (κ3) is 6.34. The molecule has 0 unspecified atom stereocenters. The molecule has 0 saturated heterocycles. The number of nitrogens with zero attached hydrogens (tertiary/aromatic N) is 1. The quantitative estimate of drug-likeness (QED) is 0.267. The summed E-state index contributed by atoms with van der Waals surface area (Å²) in [6.07, 6.45) is 4.29. The van der Waals surface area contributed by atoms with E-state index in [-0.39, 0.29) is 30.0 Å². The van der Waals surface area contributed by atoms with Crippen molar-refractivity contribution >= 4 is 40.7 Å². The van der Waals surface area contributed by atoms with Crippen molar-refractivity contribution in [2.24, 2.45) is 11.8 Å². The smallest absolute Gasteiger partial charge is 0.249 e. The second-order valence-electron chi connectivity index (χ2n) is 9.38. The molecule has 0 radical (unpaired) electrons. The molecule has 3 aromatic rings. The Morgan fingerprint density at radius 2 is 1.91 bits per heavy atom. The molecule has 1 fully saturated rings. The maximum Gasteiger partial charge on any atom is 0.249 e. The molecule has 10 heteroatoms. The molecule has 3 amide bonds. The van der Waals surface area contributed by atoms with Gasteiger partial charge in [-0.2, -0.15) is 0 Å². The Morgan fingerprint density at radius 1 is 1.14 bits per heavy atom. The van der Waals surface area contributed by atoms with Crippen LogP contribution in [0.4, 0.5) is 5.82 Å². The zero-order chi connectivity index (χ0) is 24.9. The zero-order valence-electron chi connectivity index (χ0n) is 19.8. The van der Waals surface area contributed by atoms with Crippen LogP contribution in [0.15, 0.2) is 36.5 Å². The number of imide groups is 1. The number of hydrogen-bond donors (Lipinski definition) is 5. The average molecular weight is 479 g/mol. The number of fused-ring (bicyclic) bond motifs is 1. The maximum atomic E-state index is 13.4. The van der Waals surface area contributed by atoms with Crippen LogP contribution in [0.2, 0.25) is 0 Å². The summed E-state index contributed by atoms with van der Waals surface area (Å²) in [7, 11) is 0. The van der Waals surface area contributed by atoms with E-state index in [9.17, 15) is 19.2 Å². The molecule has 0 bridgehead atoms. The average Bonchev–Trinajstić information content (AvgIpc) is 3.44. The van der Waals surface area contributed by atoms with E-state index in [0.717, 1.165) is 23.7 Å². The predicted molar refractivity (Wildman–Crippen MR) is 131 cm³/mol. The topological polar surface area (TPSA) is 149 Å².